The minimum absolute atomic E-state index is 0.555. The van der Waals surface area contributed by atoms with E-state index >= 15 is 0 Å². The van der Waals surface area contributed by atoms with Gasteiger partial charge in [-0.15, -0.1) is 0 Å². The van der Waals surface area contributed by atoms with E-state index in [0.29, 0.717) is 12.4 Å². The van der Waals surface area contributed by atoms with Crippen molar-refractivity contribution in [3.8, 4) is 0 Å². The van der Waals surface area contributed by atoms with Crippen LogP contribution in [0.1, 0.15) is 28.5 Å². The molecule has 0 aliphatic carbocycles. The summed E-state index contributed by atoms with van der Waals surface area (Å²) in [5.74, 6) is 2.47. The number of benzene rings is 1. The Morgan fingerprint density at radius 1 is 1.32 bits per heavy atom. The van der Waals surface area contributed by atoms with Gasteiger partial charge in [-0.05, 0) is 31.4 Å². The number of nitrogens with one attached hydrogen (secondary N) is 1. The number of oxazole rings is 1. The van der Waals surface area contributed by atoms with Crippen molar-refractivity contribution in [2.45, 2.75) is 33.4 Å². The third kappa shape index (κ3) is 2.98. The predicted octanol–water partition coefficient (Wildman–Crippen LogP) is 2.43. The molecule has 2 heterocycles. The zero-order chi connectivity index (χ0) is 15.5. The molecule has 116 valence electrons. The molecule has 1 N–H and O–H groups in total. The molecule has 22 heavy (non-hydrogen) atoms. The molecular formula is C17H22N4O. The van der Waals surface area contributed by atoms with Crippen LogP contribution in [0.25, 0.3) is 0 Å². The second kappa shape index (κ2) is 6.22. The zero-order valence-corrected chi connectivity index (χ0v) is 13.4. The number of hydrogen-bond acceptors (Lipinski definition) is 3. The van der Waals surface area contributed by atoms with Crippen molar-refractivity contribution in [1.29, 1.82) is 0 Å². The molecule has 1 aromatic carbocycles. The average Bonchev–Trinajstić information content (AvgIpc) is 2.86. The molecule has 0 spiro atoms. The number of fused-ring (bicyclic) bond motifs is 1. The molecule has 5 heteroatoms. The molecule has 0 amide bonds. The molecule has 0 fully saturated rings. The van der Waals surface area contributed by atoms with E-state index in [4.69, 9.17) is 4.42 Å². The molecule has 0 bridgehead atoms. The maximum absolute atomic E-state index is 5.61. The van der Waals surface area contributed by atoms with Gasteiger partial charge in [0.05, 0.1) is 12.2 Å². The quantitative estimate of drug-likeness (QED) is 0.683. The molecule has 1 aliphatic rings. The maximum atomic E-state index is 5.61. The maximum Gasteiger partial charge on any atom is 0.214 e. The molecule has 2 aromatic rings. The van der Waals surface area contributed by atoms with Gasteiger partial charge in [0.2, 0.25) is 5.89 Å². The first-order valence-electron chi connectivity index (χ1n) is 7.62. The summed E-state index contributed by atoms with van der Waals surface area (Å²) >= 11 is 0. The Bertz CT molecular complexity index is 670. The highest BCUT2D eigenvalue weighted by atomic mass is 16.4. The van der Waals surface area contributed by atoms with E-state index in [-0.39, 0.29) is 0 Å². The van der Waals surface area contributed by atoms with Crippen LogP contribution in [0.3, 0.4) is 0 Å². The minimum atomic E-state index is 0.555. The van der Waals surface area contributed by atoms with Crippen LogP contribution in [0.2, 0.25) is 0 Å². The Kier molecular flexibility index (Phi) is 4.13. The summed E-state index contributed by atoms with van der Waals surface area (Å²) in [5.41, 5.74) is 3.76. The van der Waals surface area contributed by atoms with Crippen LogP contribution < -0.4 is 5.32 Å². The molecule has 1 aliphatic heterocycles. The lowest BCUT2D eigenvalue weighted by Crippen LogP contribution is -2.43. The van der Waals surface area contributed by atoms with Gasteiger partial charge in [0.1, 0.15) is 5.76 Å². The average molecular weight is 298 g/mol. The van der Waals surface area contributed by atoms with E-state index in [1.165, 1.54) is 11.1 Å². The smallest absolute Gasteiger partial charge is 0.214 e. The lowest BCUT2D eigenvalue weighted by atomic mass is 10.0. The van der Waals surface area contributed by atoms with Gasteiger partial charge in [-0.1, -0.05) is 24.3 Å². The molecule has 0 saturated carbocycles. The van der Waals surface area contributed by atoms with Crippen LogP contribution in [0.4, 0.5) is 0 Å². The third-order valence-corrected chi connectivity index (χ3v) is 4.11. The van der Waals surface area contributed by atoms with Gasteiger partial charge in [0, 0.05) is 20.1 Å². The fraction of sp³-hybridized carbons (Fsp3) is 0.412. The highest BCUT2D eigenvalue weighted by Gasteiger charge is 2.19. The summed E-state index contributed by atoms with van der Waals surface area (Å²) in [6.45, 7) is 6.31. The normalized spacial score (nSPS) is 14.9. The van der Waals surface area contributed by atoms with Gasteiger partial charge in [0.15, 0.2) is 5.96 Å². The van der Waals surface area contributed by atoms with Gasteiger partial charge in [0.25, 0.3) is 0 Å². The van der Waals surface area contributed by atoms with Crippen molar-refractivity contribution < 1.29 is 4.42 Å². The molecule has 0 atom stereocenters. The number of rotatable bonds is 2. The van der Waals surface area contributed by atoms with Gasteiger partial charge in [-0.3, -0.25) is 4.99 Å². The van der Waals surface area contributed by atoms with Gasteiger partial charge < -0.3 is 14.6 Å². The summed E-state index contributed by atoms with van der Waals surface area (Å²) in [6.07, 6.45) is 1.05. The van der Waals surface area contributed by atoms with Crippen molar-refractivity contribution in [3.05, 3.63) is 52.7 Å². The SMILES string of the molecule is CN=C(NCc1nc(C)c(C)o1)N1CCc2ccccc2C1. The van der Waals surface area contributed by atoms with E-state index in [2.05, 4.69) is 44.5 Å². The van der Waals surface area contributed by atoms with Crippen molar-refractivity contribution in [2.75, 3.05) is 13.6 Å². The molecule has 0 radical (unpaired) electrons. The fourth-order valence-corrected chi connectivity index (χ4v) is 2.78. The Hall–Kier alpha value is -2.30. The molecular weight excluding hydrogens is 276 g/mol. The van der Waals surface area contributed by atoms with Gasteiger partial charge >= 0.3 is 0 Å². The van der Waals surface area contributed by atoms with Gasteiger partial charge in [-0.25, -0.2) is 4.98 Å². The number of guanidine groups is 1. The van der Waals surface area contributed by atoms with E-state index in [1.807, 2.05) is 20.9 Å². The van der Waals surface area contributed by atoms with E-state index in [1.54, 1.807) is 0 Å². The largest absolute Gasteiger partial charge is 0.444 e. The lowest BCUT2D eigenvalue weighted by Gasteiger charge is -2.31. The number of hydrogen-bond donors (Lipinski definition) is 1. The van der Waals surface area contributed by atoms with Crippen molar-refractivity contribution in [1.82, 2.24) is 15.2 Å². The Labute approximate surface area is 131 Å². The van der Waals surface area contributed by atoms with Gasteiger partial charge in [-0.2, -0.15) is 0 Å². The molecule has 0 unspecified atom stereocenters. The second-order valence-corrected chi connectivity index (χ2v) is 5.59. The molecule has 1 aromatic heterocycles. The minimum Gasteiger partial charge on any atom is -0.444 e. The Balaban J connectivity index is 1.65. The van der Waals surface area contributed by atoms with E-state index in [9.17, 15) is 0 Å². The standard InChI is InChI=1S/C17H22N4O/c1-12-13(2)22-16(20-12)10-19-17(18-3)21-9-8-14-6-4-5-7-15(14)11-21/h4-7H,8-11H2,1-3H3,(H,18,19). The molecule has 3 rings (SSSR count). The monoisotopic (exact) mass is 298 g/mol. The number of aliphatic imine (C=N–C) groups is 1. The van der Waals surface area contributed by atoms with E-state index in [0.717, 1.165) is 36.9 Å². The van der Waals surface area contributed by atoms with Crippen LogP contribution in [0, 0.1) is 13.8 Å². The van der Waals surface area contributed by atoms with Crippen LogP contribution >= 0.6 is 0 Å². The number of aromatic nitrogens is 1. The van der Waals surface area contributed by atoms with Crippen LogP contribution in [0.15, 0.2) is 33.7 Å². The van der Waals surface area contributed by atoms with Crippen molar-refractivity contribution >= 4 is 5.96 Å². The van der Waals surface area contributed by atoms with Crippen LogP contribution in [-0.2, 0) is 19.5 Å². The van der Waals surface area contributed by atoms with Crippen molar-refractivity contribution in [2.24, 2.45) is 4.99 Å². The Morgan fingerprint density at radius 2 is 2.09 bits per heavy atom. The van der Waals surface area contributed by atoms with E-state index < -0.39 is 0 Å². The van der Waals surface area contributed by atoms with Crippen molar-refractivity contribution in [3.63, 3.8) is 0 Å². The Morgan fingerprint density at radius 3 is 2.77 bits per heavy atom. The first-order valence-corrected chi connectivity index (χ1v) is 7.62. The number of aryl methyl sites for hydroxylation is 2. The zero-order valence-electron chi connectivity index (χ0n) is 13.4. The van der Waals surface area contributed by atoms with Crippen LogP contribution in [0.5, 0.6) is 0 Å². The molecule has 5 nitrogen and oxygen atoms in total. The summed E-state index contributed by atoms with van der Waals surface area (Å²) in [7, 11) is 1.81. The number of nitrogens with zero attached hydrogens (tertiary/aromatic N) is 3. The summed E-state index contributed by atoms with van der Waals surface area (Å²) in [5, 5.41) is 3.35. The summed E-state index contributed by atoms with van der Waals surface area (Å²) in [6, 6.07) is 8.60. The lowest BCUT2D eigenvalue weighted by molar-refractivity contribution is 0.373. The first-order chi connectivity index (χ1) is 10.7. The highest BCUT2D eigenvalue weighted by molar-refractivity contribution is 5.80. The highest BCUT2D eigenvalue weighted by Crippen LogP contribution is 2.18. The second-order valence-electron chi connectivity index (χ2n) is 5.59. The first kappa shape index (κ1) is 14.6. The van der Waals surface area contributed by atoms with Crippen LogP contribution in [-0.4, -0.2) is 29.4 Å². The topological polar surface area (TPSA) is 53.7 Å². The fourth-order valence-electron chi connectivity index (χ4n) is 2.78. The third-order valence-electron chi connectivity index (χ3n) is 4.11. The summed E-state index contributed by atoms with van der Waals surface area (Å²) in [4.78, 5) is 11.1. The molecule has 0 saturated heterocycles. The summed E-state index contributed by atoms with van der Waals surface area (Å²) < 4.78 is 5.61. The predicted molar refractivity (Wildman–Crippen MR) is 86.7 cm³/mol.